The zero-order valence-electron chi connectivity index (χ0n) is 7.58. The summed E-state index contributed by atoms with van der Waals surface area (Å²) in [6.07, 6.45) is 7.41. The van der Waals surface area contributed by atoms with Crippen LogP contribution in [0.3, 0.4) is 0 Å². The Hall–Kier alpha value is -2.04. The Morgan fingerprint density at radius 3 is 2.43 bits per heavy atom. The van der Waals surface area contributed by atoms with Gasteiger partial charge in [0, 0.05) is 36.8 Å². The summed E-state index contributed by atoms with van der Waals surface area (Å²) in [6.45, 7) is 0. The van der Waals surface area contributed by atoms with Crippen LogP contribution in [-0.2, 0) is 7.05 Å². The fourth-order valence-electron chi connectivity index (χ4n) is 1.12. The summed E-state index contributed by atoms with van der Waals surface area (Å²) in [5.74, 6) is 0.192. The number of hydrogen-bond acceptors (Lipinski definition) is 4. The minimum atomic E-state index is 0.192. The molecule has 0 aliphatic rings. The molecule has 0 bridgehead atoms. The smallest absolute Gasteiger partial charge is 0.192 e. The van der Waals surface area contributed by atoms with Crippen molar-refractivity contribution in [1.29, 1.82) is 0 Å². The van der Waals surface area contributed by atoms with Gasteiger partial charge in [0.1, 0.15) is 0 Å². The number of carbonyl (C=O) groups excluding carboxylic acids is 1. The van der Waals surface area contributed by atoms with Gasteiger partial charge in [-0.15, -0.1) is 0 Å². The Labute approximate surface area is 80.4 Å². The lowest BCUT2D eigenvalue weighted by Crippen LogP contribution is -1.91. The zero-order chi connectivity index (χ0) is 9.97. The maximum absolute atomic E-state index is 10.3. The van der Waals surface area contributed by atoms with E-state index in [-0.39, 0.29) is 5.82 Å². The topological polar surface area (TPSA) is 60.7 Å². The quantitative estimate of drug-likeness (QED) is 0.650. The summed E-state index contributed by atoms with van der Waals surface area (Å²) in [7, 11) is 1.84. The number of rotatable bonds is 2. The minimum absolute atomic E-state index is 0.192. The lowest BCUT2D eigenvalue weighted by Gasteiger charge is -1.94. The minimum Gasteiger partial charge on any atom is -0.294 e. The van der Waals surface area contributed by atoms with E-state index in [0.717, 1.165) is 11.1 Å². The molecule has 5 nitrogen and oxygen atoms in total. The second kappa shape index (κ2) is 3.37. The molecule has 0 atom stereocenters. The largest absolute Gasteiger partial charge is 0.294 e. The van der Waals surface area contributed by atoms with E-state index in [1.807, 2.05) is 13.2 Å². The molecule has 0 unspecified atom stereocenters. The molecular formula is C9H8N4O. The van der Waals surface area contributed by atoms with Gasteiger partial charge in [-0.25, -0.2) is 9.97 Å². The van der Waals surface area contributed by atoms with Crippen molar-refractivity contribution in [3.63, 3.8) is 0 Å². The molecule has 2 heterocycles. The molecule has 0 aromatic carbocycles. The summed E-state index contributed by atoms with van der Waals surface area (Å²) in [6, 6.07) is 0. The summed E-state index contributed by atoms with van der Waals surface area (Å²) in [4.78, 5) is 18.1. The van der Waals surface area contributed by atoms with E-state index in [4.69, 9.17) is 0 Å². The monoisotopic (exact) mass is 188 g/mol. The van der Waals surface area contributed by atoms with Crippen molar-refractivity contribution in [2.75, 3.05) is 0 Å². The van der Waals surface area contributed by atoms with Gasteiger partial charge in [-0.2, -0.15) is 5.10 Å². The number of carbonyl (C=O) groups is 1. The highest BCUT2D eigenvalue weighted by molar-refractivity contribution is 5.69. The van der Waals surface area contributed by atoms with Gasteiger partial charge in [0.2, 0.25) is 0 Å². The van der Waals surface area contributed by atoms with Crippen molar-refractivity contribution in [3.05, 3.63) is 30.6 Å². The first-order chi connectivity index (χ1) is 6.79. The number of aromatic nitrogens is 4. The van der Waals surface area contributed by atoms with Crippen molar-refractivity contribution in [1.82, 2.24) is 19.7 Å². The van der Waals surface area contributed by atoms with Crippen LogP contribution in [-0.4, -0.2) is 26.0 Å². The molecule has 70 valence electrons. The zero-order valence-corrected chi connectivity index (χ0v) is 7.58. The third kappa shape index (κ3) is 1.52. The molecule has 5 heteroatoms. The molecule has 2 aromatic heterocycles. The highest BCUT2D eigenvalue weighted by Gasteiger charge is 2.01. The molecule has 0 aliphatic carbocycles. The SMILES string of the molecule is Cn1cc(-c2cnc(C=O)nc2)cn1. The first kappa shape index (κ1) is 8.55. The maximum atomic E-state index is 10.3. The molecule has 0 saturated heterocycles. The van der Waals surface area contributed by atoms with Gasteiger partial charge in [-0.1, -0.05) is 0 Å². The average molecular weight is 188 g/mol. The molecule has 0 spiro atoms. The molecule has 2 rings (SSSR count). The normalized spacial score (nSPS) is 10.1. The lowest BCUT2D eigenvalue weighted by molar-refractivity contribution is 0.111. The van der Waals surface area contributed by atoms with Gasteiger partial charge in [-0.3, -0.25) is 9.48 Å². The Bertz CT molecular complexity index is 446. The van der Waals surface area contributed by atoms with Crippen LogP contribution in [0.5, 0.6) is 0 Å². The molecule has 0 N–H and O–H groups in total. The van der Waals surface area contributed by atoms with Gasteiger partial charge in [0.15, 0.2) is 12.1 Å². The maximum Gasteiger partial charge on any atom is 0.192 e. The highest BCUT2D eigenvalue weighted by atomic mass is 16.1. The van der Waals surface area contributed by atoms with Gasteiger partial charge < -0.3 is 0 Å². The van der Waals surface area contributed by atoms with E-state index in [1.165, 1.54) is 0 Å². The number of aldehydes is 1. The predicted molar refractivity (Wildman–Crippen MR) is 49.6 cm³/mol. The summed E-state index contributed by atoms with van der Waals surface area (Å²) in [5, 5.41) is 4.03. The first-order valence-electron chi connectivity index (χ1n) is 4.06. The van der Waals surface area contributed by atoms with Gasteiger partial charge >= 0.3 is 0 Å². The fourth-order valence-corrected chi connectivity index (χ4v) is 1.12. The molecule has 0 fully saturated rings. The predicted octanol–water partition coefficient (Wildman–Crippen LogP) is 0.690. The molecule has 2 aromatic rings. The van der Waals surface area contributed by atoms with E-state index in [9.17, 15) is 4.79 Å². The Morgan fingerprint density at radius 2 is 1.93 bits per heavy atom. The second-order valence-electron chi connectivity index (χ2n) is 2.85. The lowest BCUT2D eigenvalue weighted by atomic mass is 10.2. The van der Waals surface area contributed by atoms with Crippen LogP contribution in [0.15, 0.2) is 24.8 Å². The van der Waals surface area contributed by atoms with Crippen molar-refractivity contribution < 1.29 is 4.79 Å². The van der Waals surface area contributed by atoms with Crippen molar-refractivity contribution >= 4 is 6.29 Å². The molecule has 0 saturated carbocycles. The summed E-state index contributed by atoms with van der Waals surface area (Å²) < 4.78 is 1.70. The van der Waals surface area contributed by atoms with Crippen molar-refractivity contribution in [2.24, 2.45) is 7.05 Å². The van der Waals surface area contributed by atoms with Crippen LogP contribution in [0.1, 0.15) is 10.6 Å². The third-order valence-corrected chi connectivity index (χ3v) is 1.82. The number of hydrogen-bond donors (Lipinski definition) is 0. The molecule has 0 aliphatic heterocycles. The highest BCUT2D eigenvalue weighted by Crippen LogP contribution is 2.15. The Morgan fingerprint density at radius 1 is 1.21 bits per heavy atom. The van der Waals surface area contributed by atoms with Crippen LogP contribution in [0, 0.1) is 0 Å². The van der Waals surface area contributed by atoms with E-state index < -0.39 is 0 Å². The molecular weight excluding hydrogens is 180 g/mol. The molecule has 14 heavy (non-hydrogen) atoms. The summed E-state index contributed by atoms with van der Waals surface area (Å²) >= 11 is 0. The third-order valence-electron chi connectivity index (χ3n) is 1.82. The van der Waals surface area contributed by atoms with Crippen LogP contribution in [0.4, 0.5) is 0 Å². The van der Waals surface area contributed by atoms with E-state index in [2.05, 4.69) is 15.1 Å². The Kier molecular flexibility index (Phi) is 2.06. The fraction of sp³-hybridized carbons (Fsp3) is 0.111. The number of nitrogens with zero attached hydrogens (tertiary/aromatic N) is 4. The van der Waals surface area contributed by atoms with E-state index in [0.29, 0.717) is 6.29 Å². The van der Waals surface area contributed by atoms with Gasteiger partial charge in [-0.05, 0) is 0 Å². The van der Waals surface area contributed by atoms with E-state index in [1.54, 1.807) is 23.3 Å². The van der Waals surface area contributed by atoms with E-state index >= 15 is 0 Å². The number of aryl methyl sites for hydroxylation is 1. The van der Waals surface area contributed by atoms with Crippen molar-refractivity contribution in [2.45, 2.75) is 0 Å². The first-order valence-corrected chi connectivity index (χ1v) is 4.06. The average Bonchev–Trinajstić information content (AvgIpc) is 2.65. The summed E-state index contributed by atoms with van der Waals surface area (Å²) in [5.41, 5.74) is 1.79. The second-order valence-corrected chi connectivity index (χ2v) is 2.85. The van der Waals surface area contributed by atoms with Gasteiger partial charge in [0.25, 0.3) is 0 Å². The molecule has 0 radical (unpaired) electrons. The van der Waals surface area contributed by atoms with Crippen LogP contribution >= 0.6 is 0 Å². The van der Waals surface area contributed by atoms with Gasteiger partial charge in [0.05, 0.1) is 6.20 Å². The van der Waals surface area contributed by atoms with Crippen molar-refractivity contribution in [3.8, 4) is 11.1 Å². The van der Waals surface area contributed by atoms with Crippen LogP contribution in [0.2, 0.25) is 0 Å². The standard InChI is InChI=1S/C9H8N4O/c1-13-5-8(4-12-13)7-2-10-9(6-14)11-3-7/h2-6H,1H3. The Balaban J connectivity index is 2.38. The molecule has 0 amide bonds. The van der Waals surface area contributed by atoms with Crippen LogP contribution in [0.25, 0.3) is 11.1 Å². The van der Waals surface area contributed by atoms with Crippen LogP contribution < -0.4 is 0 Å².